The van der Waals surface area contributed by atoms with Crippen LogP contribution in [0.15, 0.2) is 31.9 Å². The minimum Gasteiger partial charge on any atom is -0.449 e. The molecule has 3 rings (SSSR count). The Morgan fingerprint density at radius 3 is 2.24 bits per heavy atom. The third kappa shape index (κ3) is 3.59. The van der Waals surface area contributed by atoms with Crippen molar-refractivity contribution in [2.24, 2.45) is 0 Å². The first-order chi connectivity index (χ1) is 10.2. The van der Waals surface area contributed by atoms with E-state index in [1.54, 1.807) is 18.7 Å². The van der Waals surface area contributed by atoms with E-state index in [1.165, 1.54) is 0 Å². The van der Waals surface area contributed by atoms with E-state index in [0.29, 0.717) is 30.5 Å². The van der Waals surface area contributed by atoms with Crippen molar-refractivity contribution >= 4 is 0 Å². The van der Waals surface area contributed by atoms with Crippen LogP contribution in [0.2, 0.25) is 0 Å². The summed E-state index contributed by atoms with van der Waals surface area (Å²) in [5, 5.41) is 0. The molecule has 0 saturated heterocycles. The molecule has 0 amide bonds. The number of aryl methyl sites for hydroxylation is 6. The number of aromatic nitrogens is 3. The van der Waals surface area contributed by atoms with Crippen LogP contribution >= 0.6 is 0 Å². The van der Waals surface area contributed by atoms with Crippen LogP contribution in [-0.2, 0) is 25.7 Å². The molecule has 0 aliphatic heterocycles. The zero-order valence-corrected chi connectivity index (χ0v) is 12.1. The Kier molecular flexibility index (Phi) is 3.85. The number of rotatable bonds is 6. The minimum atomic E-state index is 0.682. The van der Waals surface area contributed by atoms with Crippen LogP contribution in [0.4, 0.5) is 0 Å². The average molecular weight is 287 g/mol. The summed E-state index contributed by atoms with van der Waals surface area (Å²) in [5.41, 5.74) is 0.889. The molecule has 3 aromatic rings. The normalized spacial score (nSPS) is 11.1. The highest BCUT2D eigenvalue weighted by atomic mass is 16.4. The molecular formula is C15H17N3O3. The van der Waals surface area contributed by atoms with Gasteiger partial charge in [0.2, 0.25) is 0 Å². The van der Waals surface area contributed by atoms with Crippen LogP contribution in [0.5, 0.6) is 0 Å². The average Bonchev–Trinajstić information content (AvgIpc) is 3.16. The monoisotopic (exact) mass is 287 g/mol. The van der Waals surface area contributed by atoms with Crippen LogP contribution in [-0.4, -0.2) is 15.0 Å². The second kappa shape index (κ2) is 5.95. The molecule has 0 N–H and O–H groups in total. The molecule has 0 unspecified atom stereocenters. The first kappa shape index (κ1) is 13.6. The Labute approximate surface area is 122 Å². The van der Waals surface area contributed by atoms with Crippen molar-refractivity contribution in [3.05, 3.63) is 53.5 Å². The molecule has 0 atom stereocenters. The van der Waals surface area contributed by atoms with E-state index in [0.717, 1.165) is 30.1 Å². The lowest BCUT2D eigenvalue weighted by Gasteiger charge is -1.94. The van der Waals surface area contributed by atoms with E-state index < -0.39 is 0 Å². The molecule has 0 bridgehead atoms. The predicted molar refractivity (Wildman–Crippen MR) is 73.8 cm³/mol. The molecule has 6 nitrogen and oxygen atoms in total. The summed E-state index contributed by atoms with van der Waals surface area (Å²) in [6, 6.07) is 0. The molecule has 21 heavy (non-hydrogen) atoms. The van der Waals surface area contributed by atoms with Gasteiger partial charge in [0, 0.05) is 32.6 Å². The number of hydrogen-bond donors (Lipinski definition) is 0. The van der Waals surface area contributed by atoms with Gasteiger partial charge < -0.3 is 13.3 Å². The molecule has 0 radical (unpaired) electrons. The Hall–Kier alpha value is -2.37. The van der Waals surface area contributed by atoms with Gasteiger partial charge in [0.1, 0.15) is 17.8 Å². The maximum atomic E-state index is 5.70. The number of nitrogens with zero attached hydrogens (tertiary/aromatic N) is 3. The van der Waals surface area contributed by atoms with Crippen molar-refractivity contribution in [2.45, 2.75) is 39.5 Å². The van der Waals surface area contributed by atoms with Crippen molar-refractivity contribution in [3.63, 3.8) is 0 Å². The minimum absolute atomic E-state index is 0.682. The fourth-order valence-corrected chi connectivity index (χ4v) is 2.08. The molecule has 0 aromatic carbocycles. The molecule has 0 spiro atoms. The van der Waals surface area contributed by atoms with E-state index in [9.17, 15) is 0 Å². The fourth-order valence-electron chi connectivity index (χ4n) is 2.08. The molecule has 110 valence electrons. The van der Waals surface area contributed by atoms with Gasteiger partial charge in [-0.1, -0.05) is 0 Å². The van der Waals surface area contributed by atoms with Gasteiger partial charge >= 0.3 is 0 Å². The molecule has 0 aliphatic carbocycles. The topological polar surface area (TPSA) is 78.1 Å². The summed E-state index contributed by atoms with van der Waals surface area (Å²) < 4.78 is 16.4. The smallest absolute Gasteiger partial charge is 0.194 e. The molecule has 6 heteroatoms. The van der Waals surface area contributed by atoms with Gasteiger partial charge in [-0.2, -0.15) is 0 Å². The molecule has 3 aromatic heterocycles. The summed E-state index contributed by atoms with van der Waals surface area (Å²) in [6.07, 6.45) is 8.04. The van der Waals surface area contributed by atoms with Gasteiger partial charge in [-0.3, -0.25) is 0 Å². The molecule has 0 saturated carbocycles. The summed E-state index contributed by atoms with van der Waals surface area (Å²) in [7, 11) is 0. The zero-order valence-electron chi connectivity index (χ0n) is 12.1. The standard InChI is InChI=1S/C15H17N3O3/c1-10-9-19-15(18-10)6-5-14-17-8-13(21-14)4-3-12-7-16-11(2)20-12/h7-9H,3-6H2,1-2H3. The van der Waals surface area contributed by atoms with Crippen LogP contribution < -0.4 is 0 Å². The van der Waals surface area contributed by atoms with E-state index >= 15 is 0 Å². The second-order valence-corrected chi connectivity index (χ2v) is 4.95. The quantitative estimate of drug-likeness (QED) is 0.693. The summed E-state index contributed by atoms with van der Waals surface area (Å²) in [6.45, 7) is 3.74. The molecule has 3 heterocycles. The molecule has 0 aliphatic rings. The Morgan fingerprint density at radius 1 is 0.857 bits per heavy atom. The molecule has 0 fully saturated rings. The maximum absolute atomic E-state index is 5.70. The van der Waals surface area contributed by atoms with Crippen LogP contribution in [0.1, 0.15) is 34.9 Å². The molecular weight excluding hydrogens is 270 g/mol. The number of hydrogen-bond acceptors (Lipinski definition) is 6. The van der Waals surface area contributed by atoms with E-state index in [2.05, 4.69) is 15.0 Å². The van der Waals surface area contributed by atoms with Crippen molar-refractivity contribution in [2.75, 3.05) is 0 Å². The third-order valence-corrected chi connectivity index (χ3v) is 3.11. The first-order valence-electron chi connectivity index (χ1n) is 6.95. The fraction of sp³-hybridized carbons (Fsp3) is 0.400. The van der Waals surface area contributed by atoms with Crippen molar-refractivity contribution in [1.82, 2.24) is 15.0 Å². The van der Waals surface area contributed by atoms with E-state index in [1.807, 2.05) is 13.8 Å². The van der Waals surface area contributed by atoms with Gasteiger partial charge in [-0.05, 0) is 6.92 Å². The highest BCUT2D eigenvalue weighted by Crippen LogP contribution is 2.12. The van der Waals surface area contributed by atoms with Crippen molar-refractivity contribution in [1.29, 1.82) is 0 Å². The highest BCUT2D eigenvalue weighted by molar-refractivity contribution is 5.01. The van der Waals surface area contributed by atoms with Crippen molar-refractivity contribution < 1.29 is 13.3 Å². The first-order valence-corrected chi connectivity index (χ1v) is 6.95. The van der Waals surface area contributed by atoms with E-state index in [4.69, 9.17) is 13.3 Å². The Balaban J connectivity index is 1.51. The number of oxazole rings is 3. The lowest BCUT2D eigenvalue weighted by atomic mass is 10.2. The van der Waals surface area contributed by atoms with Crippen LogP contribution in [0.25, 0.3) is 0 Å². The predicted octanol–water partition coefficient (Wildman–Crippen LogP) is 2.84. The van der Waals surface area contributed by atoms with Gasteiger partial charge in [-0.15, -0.1) is 0 Å². The van der Waals surface area contributed by atoms with Crippen LogP contribution in [0.3, 0.4) is 0 Å². The van der Waals surface area contributed by atoms with Gasteiger partial charge in [0.25, 0.3) is 0 Å². The largest absolute Gasteiger partial charge is 0.449 e. The summed E-state index contributed by atoms with van der Waals surface area (Å²) in [5.74, 6) is 3.81. The lowest BCUT2D eigenvalue weighted by Crippen LogP contribution is -1.91. The van der Waals surface area contributed by atoms with E-state index in [-0.39, 0.29) is 0 Å². The summed E-state index contributed by atoms with van der Waals surface area (Å²) in [4.78, 5) is 12.6. The van der Waals surface area contributed by atoms with Gasteiger partial charge in [0.15, 0.2) is 17.7 Å². The Morgan fingerprint density at radius 2 is 1.57 bits per heavy atom. The zero-order chi connectivity index (χ0) is 14.7. The summed E-state index contributed by atoms with van der Waals surface area (Å²) >= 11 is 0. The van der Waals surface area contributed by atoms with Crippen molar-refractivity contribution in [3.8, 4) is 0 Å². The second-order valence-electron chi connectivity index (χ2n) is 4.95. The van der Waals surface area contributed by atoms with Gasteiger partial charge in [-0.25, -0.2) is 15.0 Å². The highest BCUT2D eigenvalue weighted by Gasteiger charge is 2.08. The lowest BCUT2D eigenvalue weighted by molar-refractivity contribution is 0.425. The van der Waals surface area contributed by atoms with Crippen LogP contribution in [0, 0.1) is 13.8 Å². The third-order valence-electron chi connectivity index (χ3n) is 3.11. The van der Waals surface area contributed by atoms with Gasteiger partial charge in [0.05, 0.1) is 18.1 Å². The maximum Gasteiger partial charge on any atom is 0.194 e. The SMILES string of the molecule is Cc1coc(CCc2ncc(CCc3cnc(C)o3)o2)n1. The Bertz CT molecular complexity index is 652.